The van der Waals surface area contributed by atoms with Crippen LogP contribution in [0.5, 0.6) is 11.5 Å². The Morgan fingerprint density at radius 2 is 0.906 bits per heavy atom. The van der Waals surface area contributed by atoms with Gasteiger partial charge in [-0.2, -0.15) is 5.26 Å². The van der Waals surface area contributed by atoms with E-state index in [1.807, 2.05) is 84.9 Å². The summed E-state index contributed by atoms with van der Waals surface area (Å²) in [4.78, 5) is 15.2. The zero-order valence-corrected chi connectivity index (χ0v) is 28.5. The van der Waals surface area contributed by atoms with Crippen LogP contribution in [-0.4, -0.2) is 15.0 Å². The van der Waals surface area contributed by atoms with Gasteiger partial charge in [0.05, 0.1) is 17.0 Å². The van der Waals surface area contributed by atoms with Crippen LogP contribution in [0.3, 0.4) is 0 Å². The van der Waals surface area contributed by atoms with Gasteiger partial charge in [-0.15, -0.1) is 0 Å². The van der Waals surface area contributed by atoms with Crippen molar-refractivity contribution in [1.29, 1.82) is 5.26 Å². The smallest absolute Gasteiger partial charge is 0.164 e. The number of hydrogen-bond acceptors (Lipinski definition) is 5. The Hall–Kier alpha value is -7.16. The number of fused-ring (bicyclic) bond motifs is 8. The minimum atomic E-state index is -0.629. The third-order valence-corrected chi connectivity index (χ3v) is 10.6. The molecule has 10 rings (SSSR count). The van der Waals surface area contributed by atoms with Crippen LogP contribution in [0.2, 0.25) is 0 Å². The van der Waals surface area contributed by atoms with Crippen LogP contribution in [0.25, 0.3) is 34.2 Å². The number of hydrogen-bond donors (Lipinski definition) is 0. The number of ether oxygens (including phenoxy) is 1. The third kappa shape index (κ3) is 4.73. The molecule has 0 fully saturated rings. The second-order valence-electron chi connectivity index (χ2n) is 13.4. The lowest BCUT2D eigenvalue weighted by Crippen LogP contribution is -2.39. The largest absolute Gasteiger partial charge is 0.457 e. The van der Waals surface area contributed by atoms with Gasteiger partial charge < -0.3 is 4.74 Å². The number of rotatable bonds is 4. The third-order valence-electron chi connectivity index (χ3n) is 10.6. The highest BCUT2D eigenvalue weighted by Gasteiger charge is 2.51. The maximum Gasteiger partial charge on any atom is 0.164 e. The molecule has 248 valence electrons. The van der Waals surface area contributed by atoms with E-state index >= 15 is 0 Å². The fourth-order valence-electron chi connectivity index (χ4n) is 8.40. The van der Waals surface area contributed by atoms with Gasteiger partial charge in [-0.3, -0.25) is 0 Å². The van der Waals surface area contributed by atoms with Crippen LogP contribution >= 0.6 is 0 Å². The van der Waals surface area contributed by atoms with Gasteiger partial charge in [0.2, 0.25) is 0 Å². The zero-order valence-electron chi connectivity index (χ0n) is 28.5. The number of para-hydroxylation sites is 2. The average molecular weight is 679 g/mol. The van der Waals surface area contributed by atoms with Crippen LogP contribution in [0.4, 0.5) is 0 Å². The molecule has 0 saturated carbocycles. The molecule has 0 radical (unpaired) electrons. The lowest BCUT2D eigenvalue weighted by Gasteiger charge is -2.47. The highest BCUT2D eigenvalue weighted by molar-refractivity contribution is 5.78. The van der Waals surface area contributed by atoms with Gasteiger partial charge in [-0.05, 0) is 52.1 Å². The predicted molar refractivity (Wildman–Crippen MR) is 207 cm³/mol. The number of aromatic nitrogens is 3. The van der Waals surface area contributed by atoms with E-state index in [0.29, 0.717) is 23.0 Å². The highest BCUT2D eigenvalue weighted by atomic mass is 16.5. The molecule has 0 amide bonds. The second kappa shape index (κ2) is 12.3. The van der Waals surface area contributed by atoms with Crippen LogP contribution < -0.4 is 4.74 Å². The molecule has 2 aliphatic rings. The van der Waals surface area contributed by atoms with Gasteiger partial charge in [0.25, 0.3) is 0 Å². The van der Waals surface area contributed by atoms with Crippen molar-refractivity contribution in [2.75, 3.05) is 0 Å². The molecule has 0 atom stereocenters. The Balaban J connectivity index is 1.27. The molecule has 1 aromatic heterocycles. The molecule has 2 heterocycles. The Morgan fingerprint density at radius 1 is 0.453 bits per heavy atom. The SMILES string of the molecule is N#Cc1ccc(C2c3ccccc3C3(c4ccccc4Oc4ccccc43)c3ccccc32)c(-c2nc(-c3ccccc3)nc(-c3ccccc3)n2)c1. The van der Waals surface area contributed by atoms with Crippen molar-refractivity contribution in [2.45, 2.75) is 11.3 Å². The van der Waals surface area contributed by atoms with E-state index < -0.39 is 5.41 Å². The first-order valence-corrected chi connectivity index (χ1v) is 17.7. The molecule has 0 saturated heterocycles. The first-order chi connectivity index (χ1) is 26.2. The van der Waals surface area contributed by atoms with Crippen molar-refractivity contribution >= 4 is 0 Å². The number of benzene rings is 7. The minimum absolute atomic E-state index is 0.199. The fourth-order valence-corrected chi connectivity index (χ4v) is 8.40. The normalized spacial score (nSPS) is 13.5. The molecule has 7 aromatic carbocycles. The van der Waals surface area contributed by atoms with Crippen molar-refractivity contribution in [3.05, 3.63) is 220 Å². The predicted octanol–water partition coefficient (Wildman–Crippen LogP) is 10.7. The molecule has 5 heteroatoms. The van der Waals surface area contributed by atoms with Crippen LogP contribution in [-0.2, 0) is 5.41 Å². The van der Waals surface area contributed by atoms with E-state index in [2.05, 4.69) is 97.1 Å². The van der Waals surface area contributed by atoms with Gasteiger partial charge in [0.1, 0.15) is 11.5 Å². The fraction of sp³-hybridized carbons (Fsp3) is 0.0417. The van der Waals surface area contributed by atoms with Crippen molar-refractivity contribution in [3.63, 3.8) is 0 Å². The molecule has 1 spiro atoms. The first kappa shape index (κ1) is 30.6. The Bertz CT molecular complexity index is 2580. The van der Waals surface area contributed by atoms with E-state index in [0.717, 1.165) is 44.9 Å². The van der Waals surface area contributed by atoms with Crippen LogP contribution in [0.15, 0.2) is 176 Å². The molecule has 0 N–H and O–H groups in total. The quantitative estimate of drug-likeness (QED) is 0.185. The summed E-state index contributed by atoms with van der Waals surface area (Å²) in [6, 6.07) is 62.6. The molecule has 5 nitrogen and oxygen atoms in total. The standard InChI is InChI=1S/C48H30N4O/c49-30-31-27-28-34(37(29-31)47-51-45(32-15-3-1-4-16-32)50-46(52-47)33-17-5-2-6-18-33)44-35-19-7-9-21-38(35)48(39-22-10-8-20-36(39)44)40-23-11-13-25-42(40)53-43-26-14-12-24-41(43)48/h1-29,44H. The average Bonchev–Trinajstić information content (AvgIpc) is 3.24. The molecule has 0 bridgehead atoms. The van der Waals surface area contributed by atoms with Crippen LogP contribution in [0.1, 0.15) is 50.4 Å². The minimum Gasteiger partial charge on any atom is -0.457 e. The lowest BCUT2D eigenvalue weighted by molar-refractivity contribution is 0.431. The monoisotopic (exact) mass is 678 g/mol. The molecule has 53 heavy (non-hydrogen) atoms. The van der Waals surface area contributed by atoms with E-state index in [-0.39, 0.29) is 5.92 Å². The lowest BCUT2D eigenvalue weighted by atomic mass is 9.56. The maximum atomic E-state index is 10.2. The molecule has 0 unspecified atom stereocenters. The van der Waals surface area contributed by atoms with Gasteiger partial charge in [-0.1, -0.05) is 152 Å². The Kier molecular flexibility index (Phi) is 7.09. The summed E-state index contributed by atoms with van der Waals surface area (Å²) in [6.45, 7) is 0. The summed E-state index contributed by atoms with van der Waals surface area (Å²) in [6.07, 6.45) is 0. The van der Waals surface area contributed by atoms with Crippen molar-refractivity contribution in [3.8, 4) is 51.7 Å². The van der Waals surface area contributed by atoms with Gasteiger partial charge in [0, 0.05) is 33.7 Å². The summed E-state index contributed by atoms with van der Waals surface area (Å²) in [7, 11) is 0. The second-order valence-corrected chi connectivity index (χ2v) is 13.4. The van der Waals surface area contributed by atoms with Crippen molar-refractivity contribution in [1.82, 2.24) is 15.0 Å². The molecular formula is C48H30N4O. The summed E-state index contributed by atoms with van der Waals surface area (Å²) in [5, 5.41) is 10.2. The molecule has 1 aliphatic heterocycles. The summed E-state index contributed by atoms with van der Waals surface area (Å²) in [5.41, 5.74) is 10.4. The van der Waals surface area contributed by atoms with Crippen molar-refractivity contribution in [2.24, 2.45) is 0 Å². The topological polar surface area (TPSA) is 71.7 Å². The Labute approximate surface area is 307 Å². The number of nitriles is 1. The van der Waals surface area contributed by atoms with Gasteiger partial charge >= 0.3 is 0 Å². The Morgan fingerprint density at radius 3 is 1.43 bits per heavy atom. The van der Waals surface area contributed by atoms with E-state index in [9.17, 15) is 5.26 Å². The summed E-state index contributed by atoms with van der Waals surface area (Å²) >= 11 is 0. The van der Waals surface area contributed by atoms with E-state index in [1.54, 1.807) is 0 Å². The molecular weight excluding hydrogens is 649 g/mol. The van der Waals surface area contributed by atoms with E-state index in [1.165, 1.54) is 22.3 Å². The van der Waals surface area contributed by atoms with E-state index in [4.69, 9.17) is 19.7 Å². The van der Waals surface area contributed by atoms with Crippen molar-refractivity contribution < 1.29 is 4.74 Å². The van der Waals surface area contributed by atoms with Gasteiger partial charge in [-0.25, -0.2) is 15.0 Å². The first-order valence-electron chi connectivity index (χ1n) is 17.7. The maximum absolute atomic E-state index is 10.2. The molecule has 1 aliphatic carbocycles. The molecule has 8 aromatic rings. The summed E-state index contributed by atoms with van der Waals surface area (Å²) < 4.78 is 6.59. The zero-order chi connectivity index (χ0) is 35.4. The van der Waals surface area contributed by atoms with Crippen LogP contribution in [0, 0.1) is 11.3 Å². The highest BCUT2D eigenvalue weighted by Crippen LogP contribution is 2.61. The van der Waals surface area contributed by atoms with Gasteiger partial charge in [0.15, 0.2) is 17.5 Å². The summed E-state index contributed by atoms with van der Waals surface area (Å²) in [5.74, 6) is 3.15. The number of nitrogens with zero attached hydrogens (tertiary/aromatic N) is 4.